The normalized spacial score (nSPS) is 10.8. The first kappa shape index (κ1) is 13.3. The summed E-state index contributed by atoms with van der Waals surface area (Å²) in [6, 6.07) is 4.62. The number of rotatable bonds is 4. The van der Waals surface area contributed by atoms with Gasteiger partial charge in [0.15, 0.2) is 11.5 Å². The highest BCUT2D eigenvalue weighted by molar-refractivity contribution is 7.89. The fraction of sp³-hybridized carbons (Fsp3) is 0.300. The molecule has 6 nitrogen and oxygen atoms in total. The number of carbonyl (C=O) groups is 1. The molecule has 1 rings (SSSR count). The van der Waals surface area contributed by atoms with E-state index < -0.39 is 15.9 Å². The molecular weight excluding hydrogens is 246 g/mol. The molecule has 1 amide bonds. The minimum atomic E-state index is -3.61. The first-order valence-corrected chi connectivity index (χ1v) is 6.51. The number of ether oxygens (including phenoxy) is 2. The first-order valence-electron chi connectivity index (χ1n) is 4.62. The van der Waals surface area contributed by atoms with E-state index in [1.54, 1.807) is 12.1 Å². The van der Waals surface area contributed by atoms with Crippen molar-refractivity contribution in [2.24, 2.45) is 0 Å². The molecule has 0 unspecified atom stereocenters. The van der Waals surface area contributed by atoms with Gasteiger partial charge in [-0.25, -0.2) is 13.1 Å². The maximum atomic E-state index is 11.7. The number of sulfonamides is 1. The highest BCUT2D eigenvalue weighted by Crippen LogP contribution is 2.30. The van der Waals surface area contributed by atoms with Crippen molar-refractivity contribution in [3.63, 3.8) is 0 Å². The average Bonchev–Trinajstić information content (AvgIpc) is 2.25. The van der Waals surface area contributed by atoms with Crippen molar-refractivity contribution >= 4 is 15.9 Å². The SMILES string of the molecule is COc1cccc(C(=O)NS(C)(=O)=O)c1OC. The van der Waals surface area contributed by atoms with E-state index in [2.05, 4.69) is 0 Å². The Hall–Kier alpha value is -1.76. The van der Waals surface area contributed by atoms with Crippen LogP contribution in [0.5, 0.6) is 11.5 Å². The van der Waals surface area contributed by atoms with E-state index in [4.69, 9.17) is 9.47 Å². The van der Waals surface area contributed by atoms with Crippen LogP contribution in [-0.4, -0.2) is 34.8 Å². The van der Waals surface area contributed by atoms with Gasteiger partial charge in [0.2, 0.25) is 10.0 Å². The molecule has 0 saturated heterocycles. The summed E-state index contributed by atoms with van der Waals surface area (Å²) < 4.78 is 33.8. The zero-order valence-electron chi connectivity index (χ0n) is 9.68. The second-order valence-electron chi connectivity index (χ2n) is 3.24. The van der Waals surface area contributed by atoms with Crippen LogP contribution in [0.2, 0.25) is 0 Å². The van der Waals surface area contributed by atoms with Crippen LogP contribution in [0, 0.1) is 0 Å². The van der Waals surface area contributed by atoms with Crippen LogP contribution in [0.3, 0.4) is 0 Å². The van der Waals surface area contributed by atoms with Crippen LogP contribution in [0.4, 0.5) is 0 Å². The molecule has 0 atom stereocenters. The van der Waals surface area contributed by atoms with Gasteiger partial charge in [0.1, 0.15) is 0 Å². The molecule has 0 aliphatic rings. The van der Waals surface area contributed by atoms with E-state index in [0.717, 1.165) is 6.26 Å². The maximum absolute atomic E-state index is 11.7. The summed E-state index contributed by atoms with van der Waals surface area (Å²) in [7, 11) is -0.815. The minimum Gasteiger partial charge on any atom is -0.493 e. The summed E-state index contributed by atoms with van der Waals surface area (Å²) in [5.74, 6) is -0.215. The van der Waals surface area contributed by atoms with E-state index in [0.29, 0.717) is 5.75 Å². The lowest BCUT2D eigenvalue weighted by Gasteiger charge is -2.11. The predicted octanol–water partition coefficient (Wildman–Crippen LogP) is 0.393. The molecule has 0 saturated carbocycles. The summed E-state index contributed by atoms with van der Waals surface area (Å²) in [5, 5.41) is 0. The number of methoxy groups -OCH3 is 2. The lowest BCUT2D eigenvalue weighted by atomic mass is 10.2. The number of benzene rings is 1. The highest BCUT2D eigenvalue weighted by atomic mass is 32.2. The number of hydrogen-bond donors (Lipinski definition) is 1. The van der Waals surface area contributed by atoms with Crippen LogP contribution in [0.25, 0.3) is 0 Å². The molecule has 94 valence electrons. The molecule has 0 aromatic heterocycles. The zero-order chi connectivity index (χ0) is 13.1. The van der Waals surface area contributed by atoms with Gasteiger partial charge in [-0.15, -0.1) is 0 Å². The highest BCUT2D eigenvalue weighted by Gasteiger charge is 2.18. The van der Waals surface area contributed by atoms with Crippen LogP contribution in [0.1, 0.15) is 10.4 Å². The van der Waals surface area contributed by atoms with Gasteiger partial charge >= 0.3 is 0 Å². The molecule has 0 radical (unpaired) electrons. The summed E-state index contributed by atoms with van der Waals surface area (Å²) in [6.45, 7) is 0. The third-order valence-corrected chi connectivity index (χ3v) is 2.48. The summed E-state index contributed by atoms with van der Waals surface area (Å²) >= 11 is 0. The Morgan fingerprint density at radius 2 is 1.88 bits per heavy atom. The Labute approximate surface area is 99.6 Å². The Morgan fingerprint density at radius 3 is 2.35 bits per heavy atom. The number of amides is 1. The molecule has 0 bridgehead atoms. The summed E-state index contributed by atoms with van der Waals surface area (Å²) in [6.07, 6.45) is 0.900. The van der Waals surface area contributed by atoms with Gasteiger partial charge in [-0.1, -0.05) is 6.07 Å². The molecule has 0 aliphatic heterocycles. The summed E-state index contributed by atoms with van der Waals surface area (Å²) in [4.78, 5) is 11.7. The van der Waals surface area contributed by atoms with Gasteiger partial charge in [-0.3, -0.25) is 4.79 Å². The van der Waals surface area contributed by atoms with Crippen LogP contribution in [0.15, 0.2) is 18.2 Å². The van der Waals surface area contributed by atoms with E-state index in [9.17, 15) is 13.2 Å². The van der Waals surface area contributed by atoms with E-state index in [1.165, 1.54) is 20.3 Å². The maximum Gasteiger partial charge on any atom is 0.268 e. The molecule has 0 fully saturated rings. The van der Waals surface area contributed by atoms with Crippen molar-refractivity contribution in [3.8, 4) is 11.5 Å². The van der Waals surface area contributed by atoms with Crippen molar-refractivity contribution < 1.29 is 22.7 Å². The quantitative estimate of drug-likeness (QED) is 0.846. The predicted molar refractivity (Wildman–Crippen MR) is 61.9 cm³/mol. The van der Waals surface area contributed by atoms with Crippen LogP contribution in [-0.2, 0) is 10.0 Å². The minimum absolute atomic E-state index is 0.0947. The molecule has 1 N–H and O–H groups in total. The van der Waals surface area contributed by atoms with Crippen LogP contribution >= 0.6 is 0 Å². The Morgan fingerprint density at radius 1 is 1.24 bits per heavy atom. The molecule has 0 heterocycles. The third-order valence-electron chi connectivity index (χ3n) is 1.93. The number of carbonyl (C=O) groups excluding carboxylic acids is 1. The number of nitrogens with one attached hydrogen (secondary N) is 1. The largest absolute Gasteiger partial charge is 0.493 e. The van der Waals surface area contributed by atoms with Gasteiger partial charge in [-0.2, -0.15) is 0 Å². The second-order valence-corrected chi connectivity index (χ2v) is 4.99. The van der Waals surface area contributed by atoms with Crippen molar-refractivity contribution in [2.75, 3.05) is 20.5 Å². The van der Waals surface area contributed by atoms with E-state index in [1.807, 2.05) is 4.72 Å². The average molecular weight is 259 g/mol. The van der Waals surface area contributed by atoms with Crippen molar-refractivity contribution in [2.45, 2.75) is 0 Å². The Bertz CT molecular complexity index is 523. The first-order chi connectivity index (χ1) is 7.89. The number of para-hydroxylation sites is 1. The smallest absolute Gasteiger partial charge is 0.268 e. The Balaban J connectivity index is 3.18. The van der Waals surface area contributed by atoms with Crippen LogP contribution < -0.4 is 14.2 Å². The monoisotopic (exact) mass is 259 g/mol. The van der Waals surface area contributed by atoms with Gasteiger partial charge < -0.3 is 9.47 Å². The van der Waals surface area contributed by atoms with Crippen molar-refractivity contribution in [1.29, 1.82) is 0 Å². The third kappa shape index (κ3) is 3.35. The molecule has 0 aliphatic carbocycles. The Kier molecular flexibility index (Phi) is 3.95. The van der Waals surface area contributed by atoms with E-state index in [-0.39, 0.29) is 11.3 Å². The molecule has 0 spiro atoms. The van der Waals surface area contributed by atoms with E-state index >= 15 is 0 Å². The zero-order valence-corrected chi connectivity index (χ0v) is 10.5. The van der Waals surface area contributed by atoms with Gasteiger partial charge in [0.05, 0.1) is 26.0 Å². The van der Waals surface area contributed by atoms with Crippen molar-refractivity contribution in [1.82, 2.24) is 4.72 Å². The lowest BCUT2D eigenvalue weighted by molar-refractivity contribution is 0.0978. The molecular formula is C10H13NO5S. The summed E-state index contributed by atoms with van der Waals surface area (Å²) in [5.41, 5.74) is 0.0947. The van der Waals surface area contributed by atoms with Gasteiger partial charge in [0.25, 0.3) is 5.91 Å². The second kappa shape index (κ2) is 5.05. The number of hydrogen-bond acceptors (Lipinski definition) is 5. The fourth-order valence-electron chi connectivity index (χ4n) is 1.29. The van der Waals surface area contributed by atoms with Crippen molar-refractivity contribution in [3.05, 3.63) is 23.8 Å². The topological polar surface area (TPSA) is 81.7 Å². The molecule has 17 heavy (non-hydrogen) atoms. The molecule has 1 aromatic carbocycles. The fourth-order valence-corrected chi connectivity index (χ4v) is 1.74. The van der Waals surface area contributed by atoms with Gasteiger partial charge in [-0.05, 0) is 12.1 Å². The lowest BCUT2D eigenvalue weighted by Crippen LogP contribution is -2.29. The molecule has 7 heteroatoms. The standard InChI is InChI=1S/C10H13NO5S/c1-15-8-6-4-5-7(9(8)16-2)10(12)11-17(3,13)14/h4-6H,1-3H3,(H,11,12). The van der Waals surface area contributed by atoms with Gasteiger partial charge in [0, 0.05) is 0 Å². The molecule has 1 aromatic rings.